The number of aryl methyl sites for hydroxylation is 2. The van der Waals surface area contributed by atoms with E-state index in [0.29, 0.717) is 24.2 Å². The molecule has 0 radical (unpaired) electrons. The first-order valence-electron chi connectivity index (χ1n) is 9.06. The number of primary amides is 1. The number of fused-ring (bicyclic) bond motifs is 1. The molecular formula is C19H25N7O2. The fraction of sp³-hybridized carbons (Fsp3) is 0.421. The van der Waals surface area contributed by atoms with E-state index in [1.54, 1.807) is 10.7 Å². The van der Waals surface area contributed by atoms with Gasteiger partial charge in [0, 0.05) is 24.0 Å². The highest BCUT2D eigenvalue weighted by atomic mass is 16.2. The summed E-state index contributed by atoms with van der Waals surface area (Å²) in [6.07, 6.45) is 5.67. The van der Waals surface area contributed by atoms with Crippen molar-refractivity contribution in [3.8, 4) is 0 Å². The van der Waals surface area contributed by atoms with Crippen molar-refractivity contribution in [2.24, 2.45) is 5.73 Å². The summed E-state index contributed by atoms with van der Waals surface area (Å²) >= 11 is 0. The number of nitrogens with two attached hydrogens (primary N) is 1. The average molecular weight is 383 g/mol. The Morgan fingerprint density at radius 2 is 1.89 bits per heavy atom. The molecule has 0 aliphatic carbocycles. The highest BCUT2D eigenvalue weighted by molar-refractivity contribution is 5.98. The van der Waals surface area contributed by atoms with Crippen molar-refractivity contribution < 1.29 is 9.59 Å². The molecular weight excluding hydrogens is 358 g/mol. The lowest BCUT2D eigenvalue weighted by Crippen LogP contribution is -2.22. The number of carbonyl (C=O) groups is 2. The van der Waals surface area contributed by atoms with Crippen molar-refractivity contribution in [1.82, 2.24) is 24.4 Å². The molecule has 3 N–H and O–H groups in total. The fourth-order valence-electron chi connectivity index (χ4n) is 3.06. The van der Waals surface area contributed by atoms with E-state index in [1.807, 2.05) is 45.5 Å². The zero-order valence-electron chi connectivity index (χ0n) is 16.8. The van der Waals surface area contributed by atoms with Crippen molar-refractivity contribution in [2.45, 2.75) is 53.0 Å². The maximum atomic E-state index is 12.4. The molecule has 0 unspecified atom stereocenters. The second-order valence-electron chi connectivity index (χ2n) is 7.81. The highest BCUT2D eigenvalue weighted by Crippen LogP contribution is 2.19. The number of hydrogen-bond donors (Lipinski definition) is 2. The lowest BCUT2D eigenvalue weighted by Gasteiger charge is -2.18. The van der Waals surface area contributed by atoms with E-state index in [9.17, 15) is 9.59 Å². The minimum absolute atomic E-state index is 0.106. The summed E-state index contributed by atoms with van der Waals surface area (Å²) in [5.41, 5.74) is 9.12. The maximum Gasteiger partial charge on any atom is 0.254 e. The number of rotatable bonds is 5. The Balaban J connectivity index is 1.73. The standard InChI is InChI=1S/C19H25N7O2/c1-11-14(12(2)26-18(23-11)15(9-22-26)17(20)28)6-7-16(27)24-13-8-21-25(10-13)19(3,4)5/h8-10H,6-7H2,1-5H3,(H2,20,28)(H,24,27). The average Bonchev–Trinajstić information content (AvgIpc) is 3.21. The molecule has 0 atom stereocenters. The number of aromatic nitrogens is 5. The molecule has 3 aromatic rings. The van der Waals surface area contributed by atoms with Crippen LogP contribution >= 0.6 is 0 Å². The predicted octanol–water partition coefficient (Wildman–Crippen LogP) is 1.97. The van der Waals surface area contributed by atoms with E-state index in [2.05, 4.69) is 20.5 Å². The van der Waals surface area contributed by atoms with Crippen LogP contribution in [0.1, 0.15) is 54.5 Å². The topological polar surface area (TPSA) is 120 Å². The summed E-state index contributed by atoms with van der Waals surface area (Å²) in [6, 6.07) is 0. The van der Waals surface area contributed by atoms with E-state index in [-0.39, 0.29) is 17.0 Å². The molecule has 28 heavy (non-hydrogen) atoms. The molecule has 0 saturated heterocycles. The van der Waals surface area contributed by atoms with Crippen LogP contribution in [0.2, 0.25) is 0 Å². The van der Waals surface area contributed by atoms with E-state index < -0.39 is 5.91 Å². The Labute approximate surface area is 162 Å². The molecule has 148 valence electrons. The van der Waals surface area contributed by atoms with Gasteiger partial charge in [-0.1, -0.05) is 0 Å². The smallest absolute Gasteiger partial charge is 0.254 e. The van der Waals surface area contributed by atoms with Crippen LogP contribution in [0.15, 0.2) is 18.6 Å². The number of hydrogen-bond acceptors (Lipinski definition) is 5. The Bertz CT molecular complexity index is 1060. The van der Waals surface area contributed by atoms with Gasteiger partial charge in [0.2, 0.25) is 5.91 Å². The van der Waals surface area contributed by atoms with Crippen LogP contribution < -0.4 is 11.1 Å². The van der Waals surface area contributed by atoms with Crippen molar-refractivity contribution in [1.29, 1.82) is 0 Å². The van der Waals surface area contributed by atoms with Crippen LogP contribution in [0.3, 0.4) is 0 Å². The van der Waals surface area contributed by atoms with Crippen LogP contribution in [-0.2, 0) is 16.8 Å². The van der Waals surface area contributed by atoms with Gasteiger partial charge in [-0.25, -0.2) is 9.50 Å². The van der Waals surface area contributed by atoms with Gasteiger partial charge < -0.3 is 11.1 Å². The van der Waals surface area contributed by atoms with Gasteiger partial charge in [-0.2, -0.15) is 10.2 Å². The minimum atomic E-state index is -0.566. The van der Waals surface area contributed by atoms with E-state index >= 15 is 0 Å². The molecule has 3 heterocycles. The van der Waals surface area contributed by atoms with Gasteiger partial charge in [0.05, 0.1) is 23.6 Å². The Morgan fingerprint density at radius 1 is 1.18 bits per heavy atom. The van der Waals surface area contributed by atoms with Gasteiger partial charge in [-0.3, -0.25) is 14.3 Å². The molecule has 0 aromatic carbocycles. The van der Waals surface area contributed by atoms with E-state index in [1.165, 1.54) is 6.20 Å². The second kappa shape index (κ2) is 7.06. The zero-order valence-corrected chi connectivity index (χ0v) is 16.8. The van der Waals surface area contributed by atoms with Crippen LogP contribution in [-0.4, -0.2) is 36.2 Å². The molecule has 2 amide bonds. The predicted molar refractivity (Wildman–Crippen MR) is 105 cm³/mol. The van der Waals surface area contributed by atoms with Crippen LogP contribution in [0.25, 0.3) is 5.65 Å². The zero-order chi connectivity index (χ0) is 20.6. The maximum absolute atomic E-state index is 12.4. The number of carbonyl (C=O) groups excluding carboxylic acids is 2. The van der Waals surface area contributed by atoms with Crippen molar-refractivity contribution in [3.63, 3.8) is 0 Å². The number of anilines is 1. The number of nitrogens with zero attached hydrogens (tertiary/aromatic N) is 5. The summed E-state index contributed by atoms with van der Waals surface area (Å²) in [5, 5.41) is 11.4. The molecule has 0 fully saturated rings. The monoisotopic (exact) mass is 383 g/mol. The van der Waals surface area contributed by atoms with Crippen LogP contribution in [0.4, 0.5) is 5.69 Å². The van der Waals surface area contributed by atoms with Gasteiger partial charge in [-0.15, -0.1) is 0 Å². The Hall–Kier alpha value is -3.23. The Kier molecular flexibility index (Phi) is 4.93. The summed E-state index contributed by atoms with van der Waals surface area (Å²) in [5.74, 6) is -0.671. The normalized spacial score (nSPS) is 11.8. The minimum Gasteiger partial charge on any atom is -0.365 e. The molecule has 0 bridgehead atoms. The second-order valence-corrected chi connectivity index (χ2v) is 7.81. The molecule has 0 spiro atoms. The first kappa shape index (κ1) is 19.5. The van der Waals surface area contributed by atoms with Gasteiger partial charge in [0.25, 0.3) is 5.91 Å². The third-order valence-electron chi connectivity index (χ3n) is 4.63. The van der Waals surface area contributed by atoms with Gasteiger partial charge in [0.15, 0.2) is 5.65 Å². The molecule has 3 rings (SSSR count). The fourth-order valence-corrected chi connectivity index (χ4v) is 3.06. The molecule has 9 nitrogen and oxygen atoms in total. The highest BCUT2D eigenvalue weighted by Gasteiger charge is 2.18. The first-order chi connectivity index (χ1) is 13.1. The third-order valence-corrected chi connectivity index (χ3v) is 4.63. The molecule has 3 aromatic heterocycles. The number of nitrogens with one attached hydrogen (secondary N) is 1. The lowest BCUT2D eigenvalue weighted by atomic mass is 10.1. The summed E-state index contributed by atoms with van der Waals surface area (Å²) in [6.45, 7) is 9.86. The van der Waals surface area contributed by atoms with Gasteiger partial charge in [-0.05, 0) is 46.6 Å². The van der Waals surface area contributed by atoms with Crippen LogP contribution in [0, 0.1) is 13.8 Å². The third kappa shape index (κ3) is 3.73. The molecule has 9 heteroatoms. The lowest BCUT2D eigenvalue weighted by molar-refractivity contribution is -0.116. The van der Waals surface area contributed by atoms with Crippen LogP contribution in [0.5, 0.6) is 0 Å². The Morgan fingerprint density at radius 3 is 2.50 bits per heavy atom. The van der Waals surface area contributed by atoms with E-state index in [0.717, 1.165) is 17.0 Å². The van der Waals surface area contributed by atoms with Crippen molar-refractivity contribution >= 4 is 23.1 Å². The summed E-state index contributed by atoms with van der Waals surface area (Å²) in [7, 11) is 0. The molecule has 0 aliphatic heterocycles. The number of amides is 2. The summed E-state index contributed by atoms with van der Waals surface area (Å²) in [4.78, 5) is 28.3. The molecule has 0 saturated carbocycles. The largest absolute Gasteiger partial charge is 0.365 e. The first-order valence-corrected chi connectivity index (χ1v) is 9.06. The molecule has 0 aliphatic rings. The van der Waals surface area contributed by atoms with E-state index in [4.69, 9.17) is 5.73 Å². The van der Waals surface area contributed by atoms with Crippen molar-refractivity contribution in [2.75, 3.05) is 5.32 Å². The quantitative estimate of drug-likeness (QED) is 0.698. The van der Waals surface area contributed by atoms with Gasteiger partial charge >= 0.3 is 0 Å². The van der Waals surface area contributed by atoms with Gasteiger partial charge in [0.1, 0.15) is 5.56 Å². The van der Waals surface area contributed by atoms with Crippen molar-refractivity contribution in [3.05, 3.63) is 41.1 Å². The summed E-state index contributed by atoms with van der Waals surface area (Å²) < 4.78 is 3.40. The SMILES string of the molecule is Cc1nc2c(C(N)=O)cnn2c(C)c1CCC(=O)Nc1cnn(C(C)(C)C)c1.